The predicted octanol–water partition coefficient (Wildman–Crippen LogP) is 0.462. The van der Waals surface area contributed by atoms with Crippen LogP contribution >= 0.6 is 0 Å². The summed E-state index contributed by atoms with van der Waals surface area (Å²) in [5.41, 5.74) is 5.69. The van der Waals surface area contributed by atoms with E-state index in [-0.39, 0.29) is 17.9 Å². The molecule has 1 rings (SSSR count). The summed E-state index contributed by atoms with van der Waals surface area (Å²) < 4.78 is 28.5. The normalized spacial score (nSPS) is 19.1. The molecule has 0 spiro atoms. The highest BCUT2D eigenvalue weighted by molar-refractivity contribution is 5.82. The van der Waals surface area contributed by atoms with Crippen molar-refractivity contribution in [3.63, 3.8) is 0 Å². The Kier molecular flexibility index (Phi) is 4.61. The maximum Gasteiger partial charge on any atom is 0.261 e. The van der Waals surface area contributed by atoms with E-state index in [1.165, 1.54) is 0 Å². The zero-order chi connectivity index (χ0) is 12.3. The Morgan fingerprint density at radius 3 is 2.50 bits per heavy atom. The Bertz CT molecular complexity index is 243. The smallest absolute Gasteiger partial charge is 0.261 e. The molecule has 6 heteroatoms. The first-order chi connectivity index (χ1) is 7.41. The molecule has 4 nitrogen and oxygen atoms in total. The molecule has 2 N–H and O–H groups in total. The van der Waals surface area contributed by atoms with Gasteiger partial charge in [-0.25, -0.2) is 8.78 Å². The van der Waals surface area contributed by atoms with Crippen LogP contribution in [-0.4, -0.2) is 49.1 Å². The molecular formula is C10H18F2N2O2. The molecule has 1 aliphatic rings. The first-order valence-electron chi connectivity index (χ1n) is 5.36. The molecule has 0 radical (unpaired) electrons. The zero-order valence-electron chi connectivity index (χ0n) is 9.53. The van der Waals surface area contributed by atoms with Gasteiger partial charge in [0.2, 0.25) is 5.91 Å². The third-order valence-corrected chi connectivity index (χ3v) is 2.62. The number of carbonyl (C=O) groups is 1. The van der Waals surface area contributed by atoms with Crippen LogP contribution in [0.25, 0.3) is 0 Å². The number of rotatable bonds is 5. The van der Waals surface area contributed by atoms with Gasteiger partial charge in [-0.2, -0.15) is 0 Å². The van der Waals surface area contributed by atoms with Crippen LogP contribution in [0.15, 0.2) is 0 Å². The molecule has 0 bridgehead atoms. The number of nitrogens with zero attached hydrogens (tertiary/aromatic N) is 1. The lowest BCUT2D eigenvalue weighted by atomic mass is 10.0. The molecule has 94 valence electrons. The summed E-state index contributed by atoms with van der Waals surface area (Å²) in [5, 5.41) is 0. The average Bonchev–Trinajstić information content (AvgIpc) is 2.13. The van der Waals surface area contributed by atoms with Crippen LogP contribution in [0.1, 0.15) is 13.8 Å². The second kappa shape index (κ2) is 5.54. The molecule has 16 heavy (non-hydrogen) atoms. The van der Waals surface area contributed by atoms with Gasteiger partial charge in [0.1, 0.15) is 6.61 Å². The molecule has 1 heterocycles. The molecule has 1 atom stereocenters. The van der Waals surface area contributed by atoms with Gasteiger partial charge in [0, 0.05) is 13.1 Å². The highest BCUT2D eigenvalue weighted by Crippen LogP contribution is 2.15. The first kappa shape index (κ1) is 13.3. The molecule has 1 aliphatic heterocycles. The summed E-state index contributed by atoms with van der Waals surface area (Å²) in [6.45, 7) is 3.90. The van der Waals surface area contributed by atoms with Crippen molar-refractivity contribution >= 4 is 5.91 Å². The molecule has 0 aromatic rings. The lowest BCUT2D eigenvalue weighted by Gasteiger charge is -2.40. The molecule has 1 fully saturated rings. The van der Waals surface area contributed by atoms with Gasteiger partial charge in [0.05, 0.1) is 12.1 Å². The standard InChI is InChI=1S/C10H18F2N2O2/c1-6(2)9(13)10(15)14-3-7(4-14)16-5-8(11)12/h6-9H,3-5,13H2,1-2H3/t9-/m1/s1. The van der Waals surface area contributed by atoms with Crippen LogP contribution in [-0.2, 0) is 9.53 Å². The van der Waals surface area contributed by atoms with E-state index in [2.05, 4.69) is 0 Å². The van der Waals surface area contributed by atoms with Crippen molar-refractivity contribution in [1.29, 1.82) is 0 Å². The lowest BCUT2D eigenvalue weighted by molar-refractivity contribution is -0.150. The number of hydrogen-bond acceptors (Lipinski definition) is 3. The fraction of sp³-hybridized carbons (Fsp3) is 0.900. The molecular weight excluding hydrogens is 218 g/mol. The first-order valence-corrected chi connectivity index (χ1v) is 5.36. The lowest BCUT2D eigenvalue weighted by Crippen LogP contribution is -2.59. The minimum atomic E-state index is -2.46. The summed E-state index contributed by atoms with van der Waals surface area (Å²) >= 11 is 0. The summed E-state index contributed by atoms with van der Waals surface area (Å²) in [6.07, 6.45) is -2.72. The maximum atomic E-state index is 11.8. The molecule has 0 aliphatic carbocycles. The van der Waals surface area contributed by atoms with Crippen LogP contribution in [0.3, 0.4) is 0 Å². The van der Waals surface area contributed by atoms with E-state index >= 15 is 0 Å². The van der Waals surface area contributed by atoms with Gasteiger partial charge in [-0.1, -0.05) is 13.8 Å². The number of ether oxygens (including phenoxy) is 1. The predicted molar refractivity (Wildman–Crippen MR) is 55.1 cm³/mol. The van der Waals surface area contributed by atoms with Gasteiger partial charge in [-0.15, -0.1) is 0 Å². The minimum Gasteiger partial charge on any atom is -0.369 e. The van der Waals surface area contributed by atoms with E-state index in [0.717, 1.165) is 0 Å². The van der Waals surface area contributed by atoms with Crippen molar-refractivity contribution in [3.8, 4) is 0 Å². The van der Waals surface area contributed by atoms with Gasteiger partial charge in [0.25, 0.3) is 6.43 Å². The van der Waals surface area contributed by atoms with Crippen molar-refractivity contribution < 1.29 is 18.3 Å². The minimum absolute atomic E-state index is 0.0773. The van der Waals surface area contributed by atoms with Crippen LogP contribution < -0.4 is 5.73 Å². The van der Waals surface area contributed by atoms with Crippen LogP contribution in [0, 0.1) is 5.92 Å². The second-order valence-corrected chi connectivity index (χ2v) is 4.36. The number of halogens is 2. The van der Waals surface area contributed by atoms with E-state index in [4.69, 9.17) is 10.5 Å². The Morgan fingerprint density at radius 2 is 2.06 bits per heavy atom. The maximum absolute atomic E-state index is 11.8. The quantitative estimate of drug-likeness (QED) is 0.754. The van der Waals surface area contributed by atoms with E-state index in [0.29, 0.717) is 13.1 Å². The van der Waals surface area contributed by atoms with E-state index < -0.39 is 19.1 Å². The summed E-state index contributed by atoms with van der Waals surface area (Å²) in [5.74, 6) is -0.0552. The zero-order valence-corrected chi connectivity index (χ0v) is 9.53. The molecule has 0 unspecified atom stereocenters. The Hall–Kier alpha value is -0.750. The second-order valence-electron chi connectivity index (χ2n) is 4.36. The SMILES string of the molecule is CC(C)[C@@H](N)C(=O)N1CC(OCC(F)F)C1. The fourth-order valence-electron chi connectivity index (χ4n) is 1.43. The van der Waals surface area contributed by atoms with E-state index in [1.807, 2.05) is 13.8 Å². The van der Waals surface area contributed by atoms with Gasteiger partial charge in [-0.3, -0.25) is 4.79 Å². The number of hydrogen-bond donors (Lipinski definition) is 1. The van der Waals surface area contributed by atoms with Crippen LogP contribution in [0.5, 0.6) is 0 Å². The average molecular weight is 236 g/mol. The monoisotopic (exact) mass is 236 g/mol. The van der Waals surface area contributed by atoms with Crippen LogP contribution in [0.2, 0.25) is 0 Å². The fourth-order valence-corrected chi connectivity index (χ4v) is 1.43. The number of amides is 1. The summed E-state index contributed by atoms with van der Waals surface area (Å²) in [7, 11) is 0. The summed E-state index contributed by atoms with van der Waals surface area (Å²) in [6, 6.07) is -0.518. The van der Waals surface area contributed by atoms with Gasteiger partial charge in [-0.05, 0) is 5.92 Å². The van der Waals surface area contributed by atoms with Crippen molar-refractivity contribution in [1.82, 2.24) is 4.90 Å². The van der Waals surface area contributed by atoms with Gasteiger partial charge in [0.15, 0.2) is 0 Å². The number of nitrogens with two attached hydrogens (primary N) is 1. The molecule has 0 aromatic heterocycles. The van der Waals surface area contributed by atoms with Crippen molar-refractivity contribution in [2.45, 2.75) is 32.4 Å². The van der Waals surface area contributed by atoms with Gasteiger partial charge < -0.3 is 15.4 Å². The topological polar surface area (TPSA) is 55.6 Å². The van der Waals surface area contributed by atoms with E-state index in [9.17, 15) is 13.6 Å². The third kappa shape index (κ3) is 3.38. The van der Waals surface area contributed by atoms with Crippen molar-refractivity contribution in [2.75, 3.05) is 19.7 Å². The number of carbonyl (C=O) groups excluding carboxylic acids is 1. The molecule has 1 saturated heterocycles. The molecule has 0 saturated carbocycles. The van der Waals surface area contributed by atoms with Crippen LogP contribution in [0.4, 0.5) is 8.78 Å². The van der Waals surface area contributed by atoms with E-state index in [1.54, 1.807) is 4.90 Å². The largest absolute Gasteiger partial charge is 0.369 e. The Balaban J connectivity index is 2.22. The van der Waals surface area contributed by atoms with Crippen molar-refractivity contribution in [3.05, 3.63) is 0 Å². The third-order valence-electron chi connectivity index (χ3n) is 2.62. The number of alkyl halides is 2. The molecule has 0 aromatic carbocycles. The molecule has 1 amide bonds. The Labute approximate surface area is 93.7 Å². The summed E-state index contributed by atoms with van der Waals surface area (Å²) in [4.78, 5) is 13.2. The Morgan fingerprint density at radius 1 is 1.50 bits per heavy atom. The highest BCUT2D eigenvalue weighted by atomic mass is 19.3. The number of likely N-dealkylation sites (tertiary alicyclic amines) is 1. The van der Waals surface area contributed by atoms with Gasteiger partial charge >= 0.3 is 0 Å². The van der Waals surface area contributed by atoms with Crippen molar-refractivity contribution in [2.24, 2.45) is 11.7 Å². The highest BCUT2D eigenvalue weighted by Gasteiger charge is 2.34.